The van der Waals surface area contributed by atoms with Crippen molar-refractivity contribution in [1.29, 1.82) is 0 Å². The number of rotatable bonds is 3. The van der Waals surface area contributed by atoms with Gasteiger partial charge in [0.05, 0.1) is 5.56 Å². The van der Waals surface area contributed by atoms with Crippen molar-refractivity contribution in [3.05, 3.63) is 34.9 Å². The van der Waals surface area contributed by atoms with Gasteiger partial charge in [0.1, 0.15) is 5.60 Å². The van der Waals surface area contributed by atoms with Gasteiger partial charge in [0.15, 0.2) is 17.4 Å². The van der Waals surface area contributed by atoms with Crippen LogP contribution in [0.4, 0.5) is 8.78 Å². The van der Waals surface area contributed by atoms with Crippen LogP contribution in [0, 0.1) is 18.6 Å². The molecule has 0 bridgehead atoms. The van der Waals surface area contributed by atoms with Gasteiger partial charge >= 0.3 is 0 Å². The van der Waals surface area contributed by atoms with Crippen molar-refractivity contribution >= 4 is 5.78 Å². The zero-order chi connectivity index (χ0) is 14.0. The molecule has 0 heterocycles. The Morgan fingerprint density at radius 3 is 2.37 bits per heavy atom. The third-order valence-corrected chi connectivity index (χ3v) is 3.99. The summed E-state index contributed by atoms with van der Waals surface area (Å²) in [7, 11) is 1.46. The van der Waals surface area contributed by atoms with E-state index in [9.17, 15) is 13.6 Å². The van der Waals surface area contributed by atoms with E-state index in [1.807, 2.05) is 0 Å². The SMILES string of the molecule is COC1(C(=O)c2ccc(C)c(F)c2F)CCCCC1. The first-order valence-corrected chi connectivity index (χ1v) is 6.56. The fourth-order valence-corrected chi connectivity index (χ4v) is 2.71. The molecule has 1 aliphatic carbocycles. The maximum atomic E-state index is 13.9. The molecule has 0 atom stereocenters. The van der Waals surface area contributed by atoms with Gasteiger partial charge in [-0.1, -0.05) is 25.3 Å². The smallest absolute Gasteiger partial charge is 0.197 e. The summed E-state index contributed by atoms with van der Waals surface area (Å²) in [5.41, 5.74) is -0.989. The molecule has 0 spiro atoms. The molecule has 1 aromatic rings. The van der Waals surface area contributed by atoms with E-state index in [4.69, 9.17) is 4.74 Å². The number of carbonyl (C=O) groups excluding carboxylic acids is 1. The van der Waals surface area contributed by atoms with E-state index in [-0.39, 0.29) is 11.1 Å². The Labute approximate surface area is 111 Å². The van der Waals surface area contributed by atoms with Crippen LogP contribution in [0.3, 0.4) is 0 Å². The van der Waals surface area contributed by atoms with Crippen LogP contribution in [0.5, 0.6) is 0 Å². The highest BCUT2D eigenvalue weighted by Crippen LogP contribution is 2.35. The predicted octanol–water partition coefficient (Wildman–Crippen LogP) is 3.81. The van der Waals surface area contributed by atoms with Gasteiger partial charge in [-0.3, -0.25) is 4.79 Å². The topological polar surface area (TPSA) is 26.3 Å². The Morgan fingerprint density at radius 1 is 1.16 bits per heavy atom. The van der Waals surface area contributed by atoms with Gasteiger partial charge in [-0.15, -0.1) is 0 Å². The molecule has 0 N–H and O–H groups in total. The van der Waals surface area contributed by atoms with E-state index >= 15 is 0 Å². The number of hydrogen-bond donors (Lipinski definition) is 0. The molecule has 0 unspecified atom stereocenters. The number of halogens is 2. The molecule has 1 saturated carbocycles. The van der Waals surface area contributed by atoms with E-state index < -0.39 is 23.0 Å². The second kappa shape index (κ2) is 5.37. The minimum absolute atomic E-state index is 0.198. The lowest BCUT2D eigenvalue weighted by atomic mass is 9.79. The van der Waals surface area contributed by atoms with Crippen molar-refractivity contribution in [3.8, 4) is 0 Å². The summed E-state index contributed by atoms with van der Waals surface area (Å²) >= 11 is 0. The summed E-state index contributed by atoms with van der Waals surface area (Å²) < 4.78 is 32.9. The first kappa shape index (κ1) is 14.1. The summed E-state index contributed by atoms with van der Waals surface area (Å²) in [6, 6.07) is 2.78. The van der Waals surface area contributed by atoms with Crippen molar-refractivity contribution in [2.24, 2.45) is 0 Å². The largest absolute Gasteiger partial charge is 0.370 e. The van der Waals surface area contributed by atoms with Gasteiger partial charge in [0.25, 0.3) is 0 Å². The average molecular weight is 268 g/mol. The minimum Gasteiger partial charge on any atom is -0.370 e. The van der Waals surface area contributed by atoms with Crippen LogP contribution in [0.2, 0.25) is 0 Å². The molecule has 104 valence electrons. The fraction of sp³-hybridized carbons (Fsp3) is 0.533. The first-order valence-electron chi connectivity index (χ1n) is 6.56. The van der Waals surface area contributed by atoms with Crippen molar-refractivity contribution in [2.45, 2.75) is 44.6 Å². The van der Waals surface area contributed by atoms with Crippen LogP contribution >= 0.6 is 0 Å². The van der Waals surface area contributed by atoms with Crippen LogP contribution in [0.25, 0.3) is 0 Å². The minimum atomic E-state index is -1.06. The summed E-state index contributed by atoms with van der Waals surface area (Å²) in [6.07, 6.45) is 3.92. The van der Waals surface area contributed by atoms with Gasteiger partial charge in [0, 0.05) is 7.11 Å². The molecule has 1 fully saturated rings. The number of benzene rings is 1. The van der Waals surface area contributed by atoms with Crippen molar-refractivity contribution in [3.63, 3.8) is 0 Å². The highest BCUT2D eigenvalue weighted by molar-refractivity contribution is 6.02. The zero-order valence-electron chi connectivity index (χ0n) is 11.3. The Hall–Kier alpha value is -1.29. The number of hydrogen-bond acceptors (Lipinski definition) is 2. The maximum absolute atomic E-state index is 13.9. The van der Waals surface area contributed by atoms with Crippen LogP contribution < -0.4 is 0 Å². The van der Waals surface area contributed by atoms with Crippen LogP contribution in [-0.2, 0) is 4.74 Å². The molecule has 1 aromatic carbocycles. The predicted molar refractivity (Wildman–Crippen MR) is 68.3 cm³/mol. The average Bonchev–Trinajstić information content (AvgIpc) is 2.45. The Kier molecular flexibility index (Phi) is 3.99. The Morgan fingerprint density at radius 2 is 1.79 bits per heavy atom. The second-order valence-electron chi connectivity index (χ2n) is 5.15. The monoisotopic (exact) mass is 268 g/mol. The molecule has 0 saturated heterocycles. The van der Waals surface area contributed by atoms with Gasteiger partial charge in [0.2, 0.25) is 0 Å². The lowest BCUT2D eigenvalue weighted by molar-refractivity contribution is -0.0197. The molecule has 0 aromatic heterocycles. The normalized spacial score (nSPS) is 18.3. The molecule has 1 aliphatic rings. The van der Waals surface area contributed by atoms with Crippen LogP contribution in [0.1, 0.15) is 48.0 Å². The lowest BCUT2D eigenvalue weighted by Gasteiger charge is -2.34. The van der Waals surface area contributed by atoms with Gasteiger partial charge in [-0.2, -0.15) is 0 Å². The van der Waals surface area contributed by atoms with Gasteiger partial charge < -0.3 is 4.74 Å². The van der Waals surface area contributed by atoms with E-state index in [1.165, 1.54) is 26.2 Å². The van der Waals surface area contributed by atoms with E-state index in [2.05, 4.69) is 0 Å². The molecular weight excluding hydrogens is 250 g/mol. The molecular formula is C15H18F2O2. The van der Waals surface area contributed by atoms with Crippen LogP contribution in [-0.4, -0.2) is 18.5 Å². The Bertz CT molecular complexity index is 491. The summed E-state index contributed by atoms with van der Waals surface area (Å²) in [6.45, 7) is 1.47. The number of aryl methyl sites for hydroxylation is 1. The molecule has 4 heteroatoms. The van der Waals surface area contributed by atoms with Gasteiger partial charge in [-0.05, 0) is 31.4 Å². The third-order valence-electron chi connectivity index (χ3n) is 3.99. The van der Waals surface area contributed by atoms with Crippen molar-refractivity contribution < 1.29 is 18.3 Å². The molecule has 0 aliphatic heterocycles. The summed E-state index contributed by atoms with van der Waals surface area (Å²) in [5.74, 6) is -2.45. The Balaban J connectivity index is 2.40. The third kappa shape index (κ3) is 2.41. The van der Waals surface area contributed by atoms with Gasteiger partial charge in [-0.25, -0.2) is 8.78 Å². The number of methoxy groups -OCH3 is 1. The van der Waals surface area contributed by atoms with E-state index in [0.717, 1.165) is 19.3 Å². The molecule has 0 amide bonds. The highest BCUT2D eigenvalue weighted by Gasteiger charge is 2.41. The number of carbonyl (C=O) groups is 1. The maximum Gasteiger partial charge on any atom is 0.197 e. The second-order valence-corrected chi connectivity index (χ2v) is 5.15. The van der Waals surface area contributed by atoms with E-state index in [0.29, 0.717) is 12.8 Å². The van der Waals surface area contributed by atoms with Crippen molar-refractivity contribution in [2.75, 3.05) is 7.11 Å². The molecule has 2 nitrogen and oxygen atoms in total. The first-order chi connectivity index (χ1) is 9.02. The zero-order valence-corrected chi connectivity index (χ0v) is 11.3. The lowest BCUT2D eigenvalue weighted by Crippen LogP contribution is -2.43. The number of ether oxygens (including phenoxy) is 1. The standard InChI is InChI=1S/C15H18F2O2/c1-10-6-7-11(13(17)12(10)16)14(18)15(19-2)8-4-3-5-9-15/h6-7H,3-5,8-9H2,1-2H3. The molecule has 2 rings (SSSR count). The van der Waals surface area contributed by atoms with Crippen LogP contribution in [0.15, 0.2) is 12.1 Å². The quantitative estimate of drug-likeness (QED) is 0.779. The van der Waals surface area contributed by atoms with E-state index in [1.54, 1.807) is 0 Å². The van der Waals surface area contributed by atoms with Crippen molar-refractivity contribution in [1.82, 2.24) is 0 Å². The molecule has 19 heavy (non-hydrogen) atoms. The summed E-state index contributed by atoms with van der Waals surface area (Å²) in [4.78, 5) is 12.5. The number of ketones is 1. The number of Topliss-reactive ketones (excluding diaryl/α,β-unsaturated/α-hetero) is 1. The summed E-state index contributed by atoms with van der Waals surface area (Å²) in [5, 5.41) is 0. The fourth-order valence-electron chi connectivity index (χ4n) is 2.71. The highest BCUT2D eigenvalue weighted by atomic mass is 19.2. The molecule has 0 radical (unpaired) electrons.